The van der Waals surface area contributed by atoms with Crippen LogP contribution >= 0.6 is 11.6 Å². The van der Waals surface area contributed by atoms with Crippen molar-refractivity contribution in [1.29, 1.82) is 0 Å². The van der Waals surface area contributed by atoms with Crippen molar-refractivity contribution in [1.82, 2.24) is 9.97 Å². The molecule has 14 heavy (non-hydrogen) atoms. The van der Waals surface area contributed by atoms with Crippen LogP contribution in [-0.4, -0.2) is 9.97 Å². The molecule has 1 heterocycles. The monoisotopic (exact) mass is 216 g/mol. The van der Waals surface area contributed by atoms with E-state index in [0.29, 0.717) is 12.0 Å². The zero-order valence-corrected chi connectivity index (χ0v) is 8.78. The number of hydrogen-bond donors (Lipinski definition) is 2. The summed E-state index contributed by atoms with van der Waals surface area (Å²) < 4.78 is 0. The second-order valence-electron chi connectivity index (χ2n) is 3.16. The summed E-state index contributed by atoms with van der Waals surface area (Å²) in [4.78, 5) is 26.6. The number of rotatable bonds is 4. The number of hydrogen-bond acceptors (Lipinski definition) is 2. The van der Waals surface area contributed by atoms with Crippen molar-refractivity contribution in [3.63, 3.8) is 0 Å². The molecule has 0 fully saturated rings. The zero-order valence-electron chi connectivity index (χ0n) is 8.02. The van der Waals surface area contributed by atoms with Crippen LogP contribution in [0, 0.1) is 0 Å². The Kier molecular flexibility index (Phi) is 3.95. The third-order valence-electron chi connectivity index (χ3n) is 2.02. The van der Waals surface area contributed by atoms with Gasteiger partial charge in [-0.3, -0.25) is 14.8 Å². The van der Waals surface area contributed by atoms with Crippen LogP contribution in [-0.2, 0) is 6.42 Å². The molecule has 0 spiro atoms. The highest BCUT2D eigenvalue weighted by Gasteiger charge is 2.06. The molecule has 0 amide bonds. The van der Waals surface area contributed by atoms with E-state index < -0.39 is 5.69 Å². The van der Waals surface area contributed by atoms with E-state index in [4.69, 9.17) is 11.6 Å². The summed E-state index contributed by atoms with van der Waals surface area (Å²) in [7, 11) is 0. The van der Waals surface area contributed by atoms with Gasteiger partial charge in [0.1, 0.15) is 5.15 Å². The van der Waals surface area contributed by atoms with Gasteiger partial charge in [-0.15, -0.1) is 0 Å². The standard InChI is InChI=1S/C9H13ClN2O2/c1-2-3-4-5-6-7(10)11-9(14)12-8(6)13/h2-5H2,1H3,(H2,11,12,13,14). The fourth-order valence-corrected chi connectivity index (χ4v) is 1.53. The highest BCUT2D eigenvalue weighted by atomic mass is 35.5. The van der Waals surface area contributed by atoms with Gasteiger partial charge in [0.15, 0.2) is 0 Å². The minimum absolute atomic E-state index is 0.162. The molecular weight excluding hydrogens is 204 g/mol. The van der Waals surface area contributed by atoms with E-state index in [2.05, 4.69) is 16.9 Å². The van der Waals surface area contributed by atoms with Crippen LogP contribution < -0.4 is 11.2 Å². The largest absolute Gasteiger partial charge is 0.326 e. The third kappa shape index (κ3) is 2.73. The van der Waals surface area contributed by atoms with Crippen LogP contribution in [0.5, 0.6) is 0 Å². The molecule has 0 bridgehead atoms. The Bertz CT molecular complexity index is 408. The smallest absolute Gasteiger partial charge is 0.297 e. The normalized spacial score (nSPS) is 10.4. The second kappa shape index (κ2) is 5.00. The lowest BCUT2D eigenvalue weighted by Crippen LogP contribution is -2.25. The van der Waals surface area contributed by atoms with Gasteiger partial charge in [-0.1, -0.05) is 31.4 Å². The summed E-state index contributed by atoms with van der Waals surface area (Å²) in [6.07, 6.45) is 3.65. The molecule has 0 aliphatic heterocycles. The maximum atomic E-state index is 11.3. The molecule has 0 aliphatic rings. The van der Waals surface area contributed by atoms with Crippen molar-refractivity contribution in [2.45, 2.75) is 32.6 Å². The molecule has 1 aromatic heterocycles. The summed E-state index contributed by atoms with van der Waals surface area (Å²) in [5.74, 6) is 0. The second-order valence-corrected chi connectivity index (χ2v) is 3.54. The number of aromatic nitrogens is 2. The van der Waals surface area contributed by atoms with Gasteiger partial charge in [0.05, 0.1) is 5.56 Å². The molecule has 1 rings (SSSR count). The van der Waals surface area contributed by atoms with Crippen molar-refractivity contribution in [2.24, 2.45) is 0 Å². The molecule has 0 radical (unpaired) electrons. The van der Waals surface area contributed by atoms with E-state index in [1.54, 1.807) is 0 Å². The molecule has 0 saturated heterocycles. The average Bonchev–Trinajstić information content (AvgIpc) is 2.09. The minimum Gasteiger partial charge on any atom is -0.297 e. The first-order chi connectivity index (χ1) is 6.65. The lowest BCUT2D eigenvalue weighted by molar-refractivity contribution is 0.709. The molecule has 0 aromatic carbocycles. The van der Waals surface area contributed by atoms with Gasteiger partial charge in [0, 0.05) is 0 Å². The molecule has 0 aliphatic carbocycles. The van der Waals surface area contributed by atoms with Crippen molar-refractivity contribution < 1.29 is 0 Å². The SMILES string of the molecule is CCCCCc1c(Cl)[nH]c(=O)[nH]c1=O. The molecular formula is C9H13ClN2O2. The predicted molar refractivity (Wildman–Crippen MR) is 55.9 cm³/mol. The molecule has 0 atom stereocenters. The maximum absolute atomic E-state index is 11.3. The van der Waals surface area contributed by atoms with Crippen LogP contribution in [0.25, 0.3) is 0 Å². The van der Waals surface area contributed by atoms with E-state index in [-0.39, 0.29) is 10.7 Å². The van der Waals surface area contributed by atoms with Crippen molar-refractivity contribution >= 4 is 11.6 Å². The summed E-state index contributed by atoms with van der Waals surface area (Å²) >= 11 is 5.74. The van der Waals surface area contributed by atoms with E-state index in [9.17, 15) is 9.59 Å². The molecule has 78 valence electrons. The Hall–Kier alpha value is -1.03. The van der Waals surface area contributed by atoms with Gasteiger partial charge >= 0.3 is 5.69 Å². The topological polar surface area (TPSA) is 65.7 Å². The molecule has 4 nitrogen and oxygen atoms in total. The maximum Gasteiger partial charge on any atom is 0.326 e. The first-order valence-electron chi connectivity index (χ1n) is 4.66. The Balaban J connectivity index is 2.86. The Morgan fingerprint density at radius 3 is 2.50 bits per heavy atom. The van der Waals surface area contributed by atoms with Gasteiger partial charge in [0.2, 0.25) is 0 Å². The lowest BCUT2D eigenvalue weighted by atomic mass is 10.1. The molecule has 5 heteroatoms. The van der Waals surface area contributed by atoms with Gasteiger partial charge in [-0.05, 0) is 12.8 Å². The summed E-state index contributed by atoms with van der Waals surface area (Å²) in [6, 6.07) is 0. The van der Waals surface area contributed by atoms with Gasteiger partial charge < -0.3 is 0 Å². The molecule has 1 aromatic rings. The van der Waals surface area contributed by atoms with E-state index in [1.165, 1.54) is 0 Å². The number of nitrogens with one attached hydrogen (secondary N) is 2. The van der Waals surface area contributed by atoms with Gasteiger partial charge in [-0.2, -0.15) is 0 Å². The van der Waals surface area contributed by atoms with Gasteiger partial charge in [-0.25, -0.2) is 4.79 Å². The fraction of sp³-hybridized carbons (Fsp3) is 0.556. The van der Waals surface area contributed by atoms with Gasteiger partial charge in [0.25, 0.3) is 5.56 Å². The fourth-order valence-electron chi connectivity index (χ4n) is 1.26. The van der Waals surface area contributed by atoms with Crippen LogP contribution in [0.15, 0.2) is 9.59 Å². The molecule has 2 N–H and O–H groups in total. The molecule has 0 unspecified atom stereocenters. The average molecular weight is 217 g/mol. The quantitative estimate of drug-likeness (QED) is 0.591. The zero-order chi connectivity index (χ0) is 10.6. The van der Waals surface area contributed by atoms with Crippen LogP contribution in [0.3, 0.4) is 0 Å². The Labute approximate surface area is 86.3 Å². The minimum atomic E-state index is -0.556. The lowest BCUT2D eigenvalue weighted by Gasteiger charge is -2.00. The van der Waals surface area contributed by atoms with Crippen molar-refractivity contribution in [2.75, 3.05) is 0 Å². The highest BCUT2D eigenvalue weighted by Crippen LogP contribution is 2.09. The number of halogens is 1. The summed E-state index contributed by atoms with van der Waals surface area (Å²) in [6.45, 7) is 2.08. The number of aromatic amines is 2. The summed E-state index contributed by atoms with van der Waals surface area (Å²) in [5.41, 5.74) is -0.464. The van der Waals surface area contributed by atoms with E-state index in [1.807, 2.05) is 0 Å². The van der Waals surface area contributed by atoms with Crippen LogP contribution in [0.4, 0.5) is 0 Å². The van der Waals surface area contributed by atoms with Crippen LogP contribution in [0.2, 0.25) is 5.15 Å². The molecule has 0 saturated carbocycles. The third-order valence-corrected chi connectivity index (χ3v) is 2.34. The number of unbranched alkanes of at least 4 members (excludes halogenated alkanes) is 2. The van der Waals surface area contributed by atoms with Crippen molar-refractivity contribution in [3.05, 3.63) is 31.6 Å². The predicted octanol–water partition coefficient (Wildman–Crippen LogP) is 1.45. The van der Waals surface area contributed by atoms with E-state index >= 15 is 0 Å². The van der Waals surface area contributed by atoms with Crippen LogP contribution in [0.1, 0.15) is 31.7 Å². The van der Waals surface area contributed by atoms with E-state index in [0.717, 1.165) is 19.3 Å². The highest BCUT2D eigenvalue weighted by molar-refractivity contribution is 6.30. The first-order valence-corrected chi connectivity index (χ1v) is 5.04. The number of H-pyrrole nitrogens is 2. The Morgan fingerprint density at radius 2 is 1.93 bits per heavy atom. The summed E-state index contributed by atoms with van der Waals surface area (Å²) in [5, 5.41) is 0.162. The van der Waals surface area contributed by atoms with Crippen molar-refractivity contribution in [3.8, 4) is 0 Å². The first kappa shape index (κ1) is 11.0. The Morgan fingerprint density at radius 1 is 1.21 bits per heavy atom.